The van der Waals surface area contributed by atoms with Crippen LogP contribution in [0.25, 0.3) is 0 Å². The standard InChI is InChI=1S/C19H26F2O2/c1-3-4-13-5-7-15(8-6-13)12(2)9-14-10-16(20)18(19(22)23)17(21)11-14/h10-13,15H,3-9H2,1-2H3,(H,22,23). The van der Waals surface area contributed by atoms with Gasteiger partial charge in [-0.05, 0) is 54.7 Å². The molecule has 0 spiro atoms. The Labute approximate surface area is 136 Å². The minimum Gasteiger partial charge on any atom is -0.477 e. The van der Waals surface area contributed by atoms with Crippen molar-refractivity contribution in [2.24, 2.45) is 17.8 Å². The Balaban J connectivity index is 1.98. The second-order valence-electron chi connectivity index (χ2n) is 6.99. The molecule has 1 saturated carbocycles. The minimum absolute atomic E-state index is 0.354. The zero-order chi connectivity index (χ0) is 17.0. The monoisotopic (exact) mass is 324 g/mol. The highest BCUT2D eigenvalue weighted by Crippen LogP contribution is 2.36. The first-order valence-electron chi connectivity index (χ1n) is 8.63. The van der Waals surface area contributed by atoms with Gasteiger partial charge in [0.1, 0.15) is 17.2 Å². The maximum Gasteiger partial charge on any atom is 0.341 e. The lowest BCUT2D eigenvalue weighted by Crippen LogP contribution is -2.21. The molecule has 0 bridgehead atoms. The van der Waals surface area contributed by atoms with Gasteiger partial charge < -0.3 is 5.11 Å². The molecule has 0 saturated heterocycles. The number of hydrogen-bond acceptors (Lipinski definition) is 1. The van der Waals surface area contributed by atoms with Crippen LogP contribution in [0.2, 0.25) is 0 Å². The molecule has 0 aliphatic heterocycles. The van der Waals surface area contributed by atoms with Crippen LogP contribution in [0, 0.1) is 29.4 Å². The molecule has 1 aromatic rings. The van der Waals surface area contributed by atoms with Crippen LogP contribution in [0.5, 0.6) is 0 Å². The molecule has 0 aromatic heterocycles. The van der Waals surface area contributed by atoms with Crippen LogP contribution >= 0.6 is 0 Å². The van der Waals surface area contributed by atoms with E-state index >= 15 is 0 Å². The average Bonchev–Trinajstić information content (AvgIpc) is 2.47. The molecule has 2 nitrogen and oxygen atoms in total. The number of hydrogen-bond donors (Lipinski definition) is 1. The first-order chi connectivity index (χ1) is 10.9. The summed E-state index contributed by atoms with van der Waals surface area (Å²) in [5.74, 6) is -1.74. The maximum absolute atomic E-state index is 13.8. The first-order valence-corrected chi connectivity index (χ1v) is 8.63. The smallest absolute Gasteiger partial charge is 0.341 e. The van der Waals surface area contributed by atoms with Crippen LogP contribution in [0.15, 0.2) is 12.1 Å². The molecule has 1 unspecified atom stereocenters. The van der Waals surface area contributed by atoms with E-state index in [1.54, 1.807) is 0 Å². The van der Waals surface area contributed by atoms with Crippen molar-refractivity contribution in [3.63, 3.8) is 0 Å². The van der Waals surface area contributed by atoms with E-state index in [1.165, 1.54) is 50.7 Å². The number of carbonyl (C=O) groups is 1. The summed E-state index contributed by atoms with van der Waals surface area (Å²) in [6.45, 7) is 4.35. The van der Waals surface area contributed by atoms with Crippen LogP contribution in [0.4, 0.5) is 8.78 Å². The third kappa shape index (κ3) is 4.52. The number of aromatic carboxylic acids is 1. The SMILES string of the molecule is CCCC1CCC(C(C)Cc2cc(F)c(C(=O)O)c(F)c2)CC1. The van der Waals surface area contributed by atoms with Crippen molar-refractivity contribution in [2.75, 3.05) is 0 Å². The predicted molar refractivity (Wildman–Crippen MR) is 86.5 cm³/mol. The van der Waals surface area contributed by atoms with Crippen LogP contribution in [0.1, 0.15) is 68.3 Å². The molecular weight excluding hydrogens is 298 g/mol. The third-order valence-corrected chi connectivity index (χ3v) is 5.27. The summed E-state index contributed by atoms with van der Waals surface area (Å²) in [4.78, 5) is 10.8. The summed E-state index contributed by atoms with van der Waals surface area (Å²) >= 11 is 0. The molecular formula is C19H26F2O2. The van der Waals surface area contributed by atoms with Crippen molar-refractivity contribution < 1.29 is 18.7 Å². The topological polar surface area (TPSA) is 37.3 Å². The fourth-order valence-electron chi connectivity index (χ4n) is 3.94. The predicted octanol–water partition coefficient (Wildman–Crippen LogP) is 5.45. The number of carboxylic acid groups (broad SMARTS) is 1. The van der Waals surface area contributed by atoms with Crippen molar-refractivity contribution in [1.29, 1.82) is 0 Å². The van der Waals surface area contributed by atoms with E-state index in [2.05, 4.69) is 13.8 Å². The molecule has 1 N–H and O–H groups in total. The molecule has 0 radical (unpaired) electrons. The molecule has 0 amide bonds. The number of benzene rings is 1. The van der Waals surface area contributed by atoms with E-state index < -0.39 is 23.2 Å². The molecule has 0 heterocycles. The molecule has 1 fully saturated rings. The second kappa shape index (κ2) is 7.89. The lowest BCUT2D eigenvalue weighted by atomic mass is 9.73. The van der Waals surface area contributed by atoms with E-state index in [9.17, 15) is 13.6 Å². The van der Waals surface area contributed by atoms with Gasteiger partial charge in [-0.2, -0.15) is 0 Å². The molecule has 23 heavy (non-hydrogen) atoms. The Morgan fingerprint density at radius 1 is 1.22 bits per heavy atom. The van der Waals surface area contributed by atoms with Crippen molar-refractivity contribution in [2.45, 2.75) is 58.8 Å². The summed E-state index contributed by atoms with van der Waals surface area (Å²) in [6, 6.07) is 2.34. The summed E-state index contributed by atoms with van der Waals surface area (Å²) in [7, 11) is 0. The minimum atomic E-state index is -1.56. The van der Waals surface area contributed by atoms with E-state index in [1.807, 2.05) is 0 Å². The Morgan fingerprint density at radius 3 is 2.26 bits per heavy atom. The van der Waals surface area contributed by atoms with Crippen molar-refractivity contribution in [3.05, 3.63) is 34.9 Å². The van der Waals surface area contributed by atoms with Gasteiger partial charge >= 0.3 is 5.97 Å². The van der Waals surface area contributed by atoms with Gasteiger partial charge in [-0.15, -0.1) is 0 Å². The normalized spacial score (nSPS) is 22.8. The number of carboxylic acids is 1. The summed E-state index contributed by atoms with van der Waals surface area (Å²) in [6.07, 6.45) is 8.01. The van der Waals surface area contributed by atoms with Gasteiger partial charge in [0.05, 0.1) is 0 Å². The summed E-state index contributed by atoms with van der Waals surface area (Å²) in [5, 5.41) is 8.81. The summed E-state index contributed by atoms with van der Waals surface area (Å²) < 4.78 is 27.5. The van der Waals surface area contributed by atoms with Gasteiger partial charge in [-0.25, -0.2) is 13.6 Å². The van der Waals surface area contributed by atoms with Gasteiger partial charge in [0.25, 0.3) is 0 Å². The van der Waals surface area contributed by atoms with Crippen LogP contribution < -0.4 is 0 Å². The Morgan fingerprint density at radius 2 is 1.78 bits per heavy atom. The zero-order valence-corrected chi connectivity index (χ0v) is 13.9. The molecule has 1 aliphatic rings. The highest BCUT2D eigenvalue weighted by Gasteiger charge is 2.26. The van der Waals surface area contributed by atoms with Gasteiger partial charge in [-0.1, -0.05) is 39.5 Å². The summed E-state index contributed by atoms with van der Waals surface area (Å²) in [5.41, 5.74) is -0.311. The van der Waals surface area contributed by atoms with E-state index in [4.69, 9.17) is 5.11 Å². The van der Waals surface area contributed by atoms with E-state index in [-0.39, 0.29) is 0 Å². The molecule has 4 heteroatoms. The highest BCUT2D eigenvalue weighted by molar-refractivity contribution is 5.88. The maximum atomic E-state index is 13.8. The van der Waals surface area contributed by atoms with Gasteiger partial charge in [-0.3, -0.25) is 0 Å². The quantitative estimate of drug-likeness (QED) is 0.755. The Kier molecular flexibility index (Phi) is 6.14. The molecule has 128 valence electrons. The lowest BCUT2D eigenvalue weighted by Gasteiger charge is -2.32. The van der Waals surface area contributed by atoms with Crippen LogP contribution in [-0.2, 0) is 6.42 Å². The molecule has 1 aliphatic carbocycles. The van der Waals surface area contributed by atoms with Crippen LogP contribution in [-0.4, -0.2) is 11.1 Å². The number of rotatable bonds is 6. The zero-order valence-electron chi connectivity index (χ0n) is 13.9. The largest absolute Gasteiger partial charge is 0.477 e. The number of halogens is 2. The fraction of sp³-hybridized carbons (Fsp3) is 0.632. The Hall–Kier alpha value is -1.45. The van der Waals surface area contributed by atoms with E-state index in [0.717, 1.165) is 5.92 Å². The Bertz CT molecular complexity index is 525. The molecule has 1 aromatic carbocycles. The highest BCUT2D eigenvalue weighted by atomic mass is 19.1. The third-order valence-electron chi connectivity index (χ3n) is 5.27. The van der Waals surface area contributed by atoms with Gasteiger partial charge in [0.2, 0.25) is 0 Å². The average molecular weight is 324 g/mol. The van der Waals surface area contributed by atoms with Gasteiger partial charge in [0.15, 0.2) is 0 Å². The molecule has 1 atom stereocenters. The van der Waals surface area contributed by atoms with E-state index in [0.29, 0.717) is 23.8 Å². The first kappa shape index (κ1) is 17.9. The van der Waals surface area contributed by atoms with Crippen molar-refractivity contribution in [3.8, 4) is 0 Å². The van der Waals surface area contributed by atoms with Crippen molar-refractivity contribution in [1.82, 2.24) is 0 Å². The van der Waals surface area contributed by atoms with Crippen LogP contribution in [0.3, 0.4) is 0 Å². The molecule has 2 rings (SSSR count). The van der Waals surface area contributed by atoms with Gasteiger partial charge in [0, 0.05) is 0 Å². The fourth-order valence-corrected chi connectivity index (χ4v) is 3.94. The second-order valence-corrected chi connectivity index (χ2v) is 6.99. The van der Waals surface area contributed by atoms with Crippen molar-refractivity contribution >= 4 is 5.97 Å². The lowest BCUT2D eigenvalue weighted by molar-refractivity contribution is 0.0686.